The summed E-state index contributed by atoms with van der Waals surface area (Å²) >= 11 is 3.40. The second-order valence-electron chi connectivity index (χ2n) is 6.52. The summed E-state index contributed by atoms with van der Waals surface area (Å²) < 4.78 is 11.3. The number of amides is 1. The molecule has 0 aliphatic carbocycles. The molecule has 3 rings (SSSR count). The summed E-state index contributed by atoms with van der Waals surface area (Å²) in [5.74, 6) is -0.455. The number of nitrogens with one attached hydrogen (secondary N) is 1. The first-order valence-corrected chi connectivity index (χ1v) is 9.99. The van der Waals surface area contributed by atoms with E-state index in [-0.39, 0.29) is 23.8 Å². The van der Waals surface area contributed by atoms with E-state index in [4.69, 9.17) is 9.47 Å². The molecule has 0 atom stereocenters. The Hall–Kier alpha value is -3.48. The van der Waals surface area contributed by atoms with E-state index < -0.39 is 12.5 Å². The molecule has 8 nitrogen and oxygen atoms in total. The summed E-state index contributed by atoms with van der Waals surface area (Å²) in [5.41, 5.74) is 4.22. The number of nitrogens with zero attached hydrogens (tertiary/aromatic N) is 3. The number of phenols is 1. The second kappa shape index (κ2) is 10.0. The molecule has 31 heavy (non-hydrogen) atoms. The van der Waals surface area contributed by atoms with E-state index in [9.17, 15) is 15.2 Å². The Morgan fingerprint density at radius 3 is 2.87 bits per heavy atom. The number of pyridine rings is 1. The normalized spacial score (nSPS) is 10.9. The number of fused-ring (bicyclic) bond motifs is 1. The van der Waals surface area contributed by atoms with Crippen LogP contribution in [0.3, 0.4) is 0 Å². The number of nitriles is 1. The van der Waals surface area contributed by atoms with Crippen LogP contribution in [0, 0.1) is 18.3 Å². The van der Waals surface area contributed by atoms with Gasteiger partial charge in [-0.2, -0.15) is 10.4 Å². The first-order chi connectivity index (χ1) is 15.0. The molecule has 1 heterocycles. The summed E-state index contributed by atoms with van der Waals surface area (Å²) in [6.07, 6.45) is 1.37. The van der Waals surface area contributed by atoms with Crippen LogP contribution in [0.2, 0.25) is 0 Å². The Morgan fingerprint density at radius 2 is 2.13 bits per heavy atom. The number of phenolic OH excluding ortho intramolecular Hbond substituents is 1. The summed E-state index contributed by atoms with van der Waals surface area (Å²) in [5, 5.41) is 25.3. The minimum atomic E-state index is -0.546. The van der Waals surface area contributed by atoms with Crippen LogP contribution in [0.4, 0.5) is 0 Å². The quantitative estimate of drug-likeness (QED) is 0.392. The molecular formula is C22H19BrN4O4. The van der Waals surface area contributed by atoms with Crippen LogP contribution in [0.5, 0.6) is 11.6 Å². The highest BCUT2D eigenvalue weighted by Gasteiger charge is 2.18. The van der Waals surface area contributed by atoms with Gasteiger partial charge >= 0.3 is 0 Å². The molecule has 1 aromatic heterocycles. The summed E-state index contributed by atoms with van der Waals surface area (Å²) in [6, 6.07) is 12.9. The van der Waals surface area contributed by atoms with Crippen molar-refractivity contribution in [2.75, 3.05) is 13.7 Å². The van der Waals surface area contributed by atoms with Crippen molar-refractivity contribution in [2.45, 2.75) is 13.5 Å². The number of hydrazone groups is 1. The minimum Gasteiger partial charge on any atom is -0.507 e. The fourth-order valence-corrected chi connectivity index (χ4v) is 3.37. The van der Waals surface area contributed by atoms with E-state index in [1.54, 1.807) is 19.1 Å². The Bertz CT molecular complexity index is 1200. The molecule has 0 fully saturated rings. The lowest BCUT2D eigenvalue weighted by Gasteiger charge is -2.13. The van der Waals surface area contributed by atoms with Crippen LogP contribution in [-0.4, -0.2) is 35.9 Å². The molecule has 0 aliphatic heterocycles. The summed E-state index contributed by atoms with van der Waals surface area (Å²) in [7, 11) is 1.52. The number of benzene rings is 2. The van der Waals surface area contributed by atoms with Crippen molar-refractivity contribution < 1.29 is 19.4 Å². The van der Waals surface area contributed by atoms with Gasteiger partial charge < -0.3 is 14.6 Å². The monoisotopic (exact) mass is 482 g/mol. The van der Waals surface area contributed by atoms with Gasteiger partial charge in [0.05, 0.1) is 18.5 Å². The lowest BCUT2D eigenvalue weighted by atomic mass is 10.0. The number of methoxy groups -OCH3 is 1. The second-order valence-corrected chi connectivity index (χ2v) is 7.31. The highest BCUT2D eigenvalue weighted by molar-refractivity contribution is 9.10. The SMILES string of the molecule is COCc1c(Br)c(C)nc(OCC(=O)NN=Cc2c(O)ccc3ccccc23)c1C#N. The van der Waals surface area contributed by atoms with Gasteiger partial charge in [0.25, 0.3) is 5.91 Å². The Kier molecular flexibility index (Phi) is 7.18. The van der Waals surface area contributed by atoms with Crippen LogP contribution in [-0.2, 0) is 16.1 Å². The Balaban J connectivity index is 1.71. The predicted octanol–water partition coefficient (Wildman–Crippen LogP) is 3.56. The third-order valence-corrected chi connectivity index (χ3v) is 5.49. The lowest BCUT2D eigenvalue weighted by molar-refractivity contribution is -0.123. The summed E-state index contributed by atoms with van der Waals surface area (Å²) in [4.78, 5) is 16.4. The molecule has 158 valence electrons. The van der Waals surface area contributed by atoms with Crippen LogP contribution in [0.1, 0.15) is 22.4 Å². The molecule has 1 amide bonds. The molecule has 0 unspecified atom stereocenters. The van der Waals surface area contributed by atoms with Gasteiger partial charge in [0, 0.05) is 22.7 Å². The number of carbonyl (C=O) groups excluding carboxylic acids is 1. The van der Waals surface area contributed by atoms with Crippen molar-refractivity contribution in [2.24, 2.45) is 5.10 Å². The molecule has 2 N–H and O–H groups in total. The van der Waals surface area contributed by atoms with Gasteiger partial charge in [0.15, 0.2) is 6.61 Å². The molecule has 0 saturated heterocycles. The van der Waals surface area contributed by atoms with Crippen LogP contribution >= 0.6 is 15.9 Å². The minimum absolute atomic E-state index is 0.0427. The van der Waals surface area contributed by atoms with Gasteiger partial charge in [-0.15, -0.1) is 0 Å². The first-order valence-electron chi connectivity index (χ1n) is 9.19. The Labute approximate surface area is 187 Å². The van der Waals surface area contributed by atoms with Gasteiger partial charge in [-0.1, -0.05) is 30.3 Å². The third kappa shape index (κ3) is 4.99. The fraction of sp³-hybridized carbons (Fsp3) is 0.182. The smallest absolute Gasteiger partial charge is 0.278 e. The maximum absolute atomic E-state index is 12.2. The van der Waals surface area contributed by atoms with Crippen molar-refractivity contribution in [3.05, 3.63) is 63.3 Å². The van der Waals surface area contributed by atoms with Crippen molar-refractivity contribution >= 4 is 38.8 Å². The standard InChI is InChI=1S/C22H19BrN4O4/c1-13-21(23)18(11-30-2)16(9-24)22(26-13)31-12-20(29)27-25-10-17-15-6-4-3-5-14(15)7-8-19(17)28/h3-8,10,28H,11-12H2,1-2H3,(H,27,29). The molecule has 2 aromatic carbocycles. The lowest BCUT2D eigenvalue weighted by Crippen LogP contribution is -2.25. The number of aryl methyl sites for hydroxylation is 1. The summed E-state index contributed by atoms with van der Waals surface area (Å²) in [6.45, 7) is 1.54. The average molecular weight is 483 g/mol. The first kappa shape index (κ1) is 22.2. The molecule has 9 heteroatoms. The van der Waals surface area contributed by atoms with E-state index in [0.717, 1.165) is 10.8 Å². The van der Waals surface area contributed by atoms with Gasteiger partial charge in [-0.25, -0.2) is 10.4 Å². The number of hydrogen-bond donors (Lipinski definition) is 2. The number of rotatable bonds is 7. The Morgan fingerprint density at radius 1 is 1.35 bits per heavy atom. The number of ether oxygens (including phenoxy) is 2. The average Bonchev–Trinajstić information content (AvgIpc) is 2.77. The molecule has 3 aromatic rings. The van der Waals surface area contributed by atoms with Crippen LogP contribution < -0.4 is 10.2 Å². The van der Waals surface area contributed by atoms with Gasteiger partial charge in [0.2, 0.25) is 5.88 Å². The molecule has 0 spiro atoms. The van der Waals surface area contributed by atoms with Gasteiger partial charge in [-0.05, 0) is 39.7 Å². The van der Waals surface area contributed by atoms with Crippen LogP contribution in [0.15, 0.2) is 46.0 Å². The number of halogens is 1. The number of aromatic hydroxyl groups is 1. The number of carbonyl (C=O) groups is 1. The zero-order valence-electron chi connectivity index (χ0n) is 16.8. The number of aromatic nitrogens is 1. The zero-order chi connectivity index (χ0) is 22.4. The number of hydrogen-bond acceptors (Lipinski definition) is 7. The molecule has 0 bridgehead atoms. The predicted molar refractivity (Wildman–Crippen MR) is 119 cm³/mol. The van der Waals surface area contributed by atoms with E-state index >= 15 is 0 Å². The van der Waals surface area contributed by atoms with E-state index in [2.05, 4.69) is 31.4 Å². The van der Waals surface area contributed by atoms with E-state index in [1.165, 1.54) is 13.3 Å². The van der Waals surface area contributed by atoms with Crippen molar-refractivity contribution in [3.63, 3.8) is 0 Å². The molecule has 0 saturated carbocycles. The molecule has 0 aliphatic rings. The fourth-order valence-electron chi connectivity index (χ4n) is 2.97. The molecule has 0 radical (unpaired) electrons. The third-order valence-electron chi connectivity index (χ3n) is 4.44. The van der Waals surface area contributed by atoms with E-state index in [1.807, 2.05) is 30.3 Å². The van der Waals surface area contributed by atoms with Gasteiger partial charge in [-0.3, -0.25) is 4.79 Å². The largest absolute Gasteiger partial charge is 0.507 e. The molecular weight excluding hydrogens is 464 g/mol. The van der Waals surface area contributed by atoms with Crippen molar-refractivity contribution in [1.29, 1.82) is 5.26 Å². The van der Waals surface area contributed by atoms with Crippen LogP contribution in [0.25, 0.3) is 10.8 Å². The topological polar surface area (TPSA) is 117 Å². The van der Waals surface area contributed by atoms with Crippen molar-refractivity contribution in [1.82, 2.24) is 10.4 Å². The maximum Gasteiger partial charge on any atom is 0.278 e. The van der Waals surface area contributed by atoms with Crippen molar-refractivity contribution in [3.8, 4) is 17.7 Å². The van der Waals surface area contributed by atoms with Gasteiger partial charge in [0.1, 0.15) is 17.4 Å². The van der Waals surface area contributed by atoms with E-state index in [0.29, 0.717) is 21.3 Å². The maximum atomic E-state index is 12.2. The zero-order valence-corrected chi connectivity index (χ0v) is 18.4. The highest BCUT2D eigenvalue weighted by Crippen LogP contribution is 2.30. The highest BCUT2D eigenvalue weighted by atomic mass is 79.9.